The van der Waals surface area contributed by atoms with Crippen molar-refractivity contribution in [1.82, 2.24) is 29.9 Å². The summed E-state index contributed by atoms with van der Waals surface area (Å²) in [7, 11) is 0. The molecule has 19 heavy (non-hydrogen) atoms. The first-order valence-corrected chi connectivity index (χ1v) is 6.81. The molecule has 0 spiro atoms. The summed E-state index contributed by atoms with van der Waals surface area (Å²) in [4.78, 5) is 4.20. The molecule has 0 atom stereocenters. The average molecular weight is 262 g/mol. The minimum absolute atomic E-state index is 0.409. The Morgan fingerprint density at radius 3 is 2.95 bits per heavy atom. The summed E-state index contributed by atoms with van der Waals surface area (Å²) in [6.45, 7) is 8.93. The van der Waals surface area contributed by atoms with Gasteiger partial charge >= 0.3 is 0 Å². The van der Waals surface area contributed by atoms with Gasteiger partial charge in [0, 0.05) is 12.6 Å². The maximum Gasteiger partial charge on any atom is 0.0964 e. The van der Waals surface area contributed by atoms with Crippen molar-refractivity contribution in [2.24, 2.45) is 0 Å². The minimum Gasteiger partial charge on any atom is -0.330 e. The Hall–Kier alpha value is -1.69. The molecule has 0 radical (unpaired) electrons. The number of hydrogen-bond donors (Lipinski definition) is 1. The fourth-order valence-corrected chi connectivity index (χ4v) is 1.98. The predicted molar refractivity (Wildman–Crippen MR) is 73.7 cm³/mol. The van der Waals surface area contributed by atoms with Crippen molar-refractivity contribution in [2.75, 3.05) is 6.54 Å². The third-order valence-electron chi connectivity index (χ3n) is 2.95. The second-order valence-electron chi connectivity index (χ2n) is 4.97. The molecule has 2 heterocycles. The van der Waals surface area contributed by atoms with Crippen LogP contribution < -0.4 is 5.32 Å². The molecule has 0 saturated heterocycles. The van der Waals surface area contributed by atoms with Gasteiger partial charge in [0.2, 0.25) is 0 Å². The number of rotatable bonds is 7. The van der Waals surface area contributed by atoms with Gasteiger partial charge in [-0.25, -0.2) is 9.67 Å². The van der Waals surface area contributed by atoms with Gasteiger partial charge in [-0.1, -0.05) is 12.1 Å². The maximum atomic E-state index is 4.20. The molecule has 6 nitrogen and oxygen atoms in total. The molecule has 0 aliphatic rings. The number of imidazole rings is 1. The Balaban J connectivity index is 1.97. The molecule has 2 aromatic heterocycles. The van der Waals surface area contributed by atoms with E-state index in [1.54, 1.807) is 0 Å². The minimum atomic E-state index is 0.409. The van der Waals surface area contributed by atoms with Crippen molar-refractivity contribution in [1.29, 1.82) is 0 Å². The summed E-state index contributed by atoms with van der Waals surface area (Å²) in [5, 5.41) is 11.6. The Kier molecular flexibility index (Phi) is 4.68. The molecule has 2 aromatic rings. The molecule has 0 aliphatic carbocycles. The van der Waals surface area contributed by atoms with Crippen molar-refractivity contribution in [3.8, 4) is 0 Å². The van der Waals surface area contributed by atoms with Gasteiger partial charge in [0.15, 0.2) is 0 Å². The van der Waals surface area contributed by atoms with Crippen molar-refractivity contribution in [3.05, 3.63) is 30.1 Å². The van der Waals surface area contributed by atoms with E-state index in [0.717, 1.165) is 30.9 Å². The Morgan fingerprint density at radius 1 is 1.37 bits per heavy atom. The van der Waals surface area contributed by atoms with Crippen molar-refractivity contribution in [2.45, 2.75) is 46.3 Å². The molecule has 1 N–H and O–H groups in total. The lowest BCUT2D eigenvalue weighted by molar-refractivity contribution is 0.541. The van der Waals surface area contributed by atoms with Gasteiger partial charge in [0.1, 0.15) is 0 Å². The number of aromatic nitrogens is 5. The largest absolute Gasteiger partial charge is 0.330 e. The Labute approximate surface area is 113 Å². The van der Waals surface area contributed by atoms with Crippen LogP contribution in [-0.2, 0) is 13.1 Å². The van der Waals surface area contributed by atoms with Crippen molar-refractivity contribution >= 4 is 0 Å². The summed E-state index contributed by atoms with van der Waals surface area (Å²) in [5.41, 5.74) is 2.12. The van der Waals surface area contributed by atoms with E-state index in [2.05, 4.69) is 46.0 Å². The van der Waals surface area contributed by atoms with Crippen molar-refractivity contribution < 1.29 is 0 Å². The van der Waals surface area contributed by atoms with Gasteiger partial charge in [-0.3, -0.25) is 0 Å². The second kappa shape index (κ2) is 6.47. The van der Waals surface area contributed by atoms with E-state index >= 15 is 0 Å². The molecule has 0 aliphatic heterocycles. The fraction of sp³-hybridized carbons (Fsp3) is 0.615. The average Bonchev–Trinajstić information content (AvgIpc) is 2.99. The van der Waals surface area contributed by atoms with Gasteiger partial charge in [-0.2, -0.15) is 0 Å². The van der Waals surface area contributed by atoms with Crippen LogP contribution in [-0.4, -0.2) is 31.1 Å². The maximum absolute atomic E-state index is 4.20. The lowest BCUT2D eigenvalue weighted by Crippen LogP contribution is -2.14. The third kappa shape index (κ3) is 3.64. The van der Waals surface area contributed by atoms with Crippen molar-refractivity contribution in [3.63, 3.8) is 0 Å². The van der Waals surface area contributed by atoms with E-state index < -0.39 is 0 Å². The summed E-state index contributed by atoms with van der Waals surface area (Å²) in [6.07, 6.45) is 6.86. The summed E-state index contributed by atoms with van der Waals surface area (Å²) >= 11 is 0. The van der Waals surface area contributed by atoms with E-state index in [1.807, 2.05) is 23.4 Å². The van der Waals surface area contributed by atoms with Crippen LogP contribution in [0.15, 0.2) is 18.7 Å². The highest BCUT2D eigenvalue weighted by atomic mass is 15.4. The van der Waals surface area contributed by atoms with Crippen LogP contribution in [0.1, 0.15) is 44.6 Å². The monoisotopic (exact) mass is 262 g/mol. The molecular formula is C13H22N6. The number of nitrogens with one attached hydrogen (secondary N) is 1. The molecule has 104 valence electrons. The van der Waals surface area contributed by atoms with Crippen LogP contribution in [0.2, 0.25) is 0 Å². The van der Waals surface area contributed by atoms with E-state index in [9.17, 15) is 0 Å². The highest BCUT2D eigenvalue weighted by molar-refractivity contribution is 5.01. The van der Waals surface area contributed by atoms with Crippen LogP contribution in [0.25, 0.3) is 0 Å². The standard InChI is InChI=1S/C13H22N6/c1-4-5-14-6-12-8-18(17-16-12)9-13-7-15-10-19(13)11(2)3/h7-8,10-11,14H,4-6,9H2,1-3H3. The molecule has 2 rings (SSSR count). The molecule has 0 unspecified atom stereocenters. The first-order chi connectivity index (χ1) is 9.20. The summed E-state index contributed by atoms with van der Waals surface area (Å²) in [6, 6.07) is 0.409. The van der Waals surface area contributed by atoms with Gasteiger partial charge in [0.25, 0.3) is 0 Å². The highest BCUT2D eigenvalue weighted by Gasteiger charge is 2.07. The van der Waals surface area contributed by atoms with E-state index in [4.69, 9.17) is 0 Å². The number of hydrogen-bond acceptors (Lipinski definition) is 4. The normalized spacial score (nSPS) is 11.4. The van der Waals surface area contributed by atoms with Crippen LogP contribution >= 0.6 is 0 Å². The first kappa shape index (κ1) is 13.7. The molecule has 0 saturated carbocycles. The summed E-state index contributed by atoms with van der Waals surface area (Å²) in [5.74, 6) is 0. The lowest BCUT2D eigenvalue weighted by atomic mass is 10.3. The van der Waals surface area contributed by atoms with Gasteiger partial charge in [0.05, 0.1) is 36.7 Å². The summed E-state index contributed by atoms with van der Waals surface area (Å²) < 4.78 is 4.01. The quantitative estimate of drug-likeness (QED) is 0.770. The third-order valence-corrected chi connectivity index (χ3v) is 2.95. The zero-order chi connectivity index (χ0) is 13.7. The molecule has 0 amide bonds. The van der Waals surface area contributed by atoms with Crippen LogP contribution in [0.3, 0.4) is 0 Å². The topological polar surface area (TPSA) is 60.6 Å². The van der Waals surface area contributed by atoms with Gasteiger partial charge < -0.3 is 9.88 Å². The SMILES string of the molecule is CCCNCc1cn(Cc2cncn2C(C)C)nn1. The van der Waals surface area contributed by atoms with Gasteiger partial charge in [-0.05, 0) is 26.8 Å². The van der Waals surface area contributed by atoms with Gasteiger partial charge in [-0.15, -0.1) is 5.10 Å². The molecule has 0 bridgehead atoms. The lowest BCUT2D eigenvalue weighted by Gasteiger charge is -2.11. The molecular weight excluding hydrogens is 240 g/mol. The van der Waals surface area contributed by atoms with E-state index in [-0.39, 0.29) is 0 Å². The highest BCUT2D eigenvalue weighted by Crippen LogP contribution is 2.10. The zero-order valence-electron chi connectivity index (χ0n) is 11.9. The molecule has 0 aromatic carbocycles. The van der Waals surface area contributed by atoms with Crippen LogP contribution in [0.5, 0.6) is 0 Å². The Morgan fingerprint density at radius 2 is 2.21 bits per heavy atom. The Bertz CT molecular complexity index is 499. The predicted octanol–water partition coefficient (Wildman–Crippen LogP) is 1.60. The second-order valence-corrected chi connectivity index (χ2v) is 4.97. The number of nitrogens with zero attached hydrogens (tertiary/aromatic N) is 5. The van der Waals surface area contributed by atoms with E-state index in [1.165, 1.54) is 0 Å². The van der Waals surface area contributed by atoms with Crippen LogP contribution in [0.4, 0.5) is 0 Å². The molecule has 0 fully saturated rings. The zero-order valence-corrected chi connectivity index (χ0v) is 11.9. The fourth-order valence-electron chi connectivity index (χ4n) is 1.98. The van der Waals surface area contributed by atoms with E-state index in [0.29, 0.717) is 12.6 Å². The van der Waals surface area contributed by atoms with Crippen LogP contribution in [0, 0.1) is 0 Å². The smallest absolute Gasteiger partial charge is 0.0964 e. The molecule has 6 heteroatoms. The first-order valence-electron chi connectivity index (χ1n) is 6.81.